The summed E-state index contributed by atoms with van der Waals surface area (Å²) in [5.41, 5.74) is 0.587. The molecule has 8 heteroatoms. The summed E-state index contributed by atoms with van der Waals surface area (Å²) < 4.78 is 1.54. The summed E-state index contributed by atoms with van der Waals surface area (Å²) in [5, 5.41) is 13.2. The van der Waals surface area contributed by atoms with Gasteiger partial charge in [-0.05, 0) is 19.1 Å². The van der Waals surface area contributed by atoms with E-state index in [2.05, 4.69) is 25.3 Å². The number of rotatable bonds is 1. The van der Waals surface area contributed by atoms with E-state index in [-0.39, 0.29) is 0 Å². The Morgan fingerprint density at radius 2 is 1.94 bits per heavy atom. The van der Waals surface area contributed by atoms with Crippen LogP contribution >= 0.6 is 23.2 Å². The van der Waals surface area contributed by atoms with Crippen molar-refractivity contribution in [1.82, 2.24) is 29.9 Å². The van der Waals surface area contributed by atoms with Crippen LogP contribution in [0.15, 0.2) is 18.3 Å². The van der Waals surface area contributed by atoms with Crippen molar-refractivity contribution in [2.24, 2.45) is 0 Å². The van der Waals surface area contributed by atoms with Crippen molar-refractivity contribution in [1.29, 1.82) is 0 Å². The third-order valence-corrected chi connectivity index (χ3v) is 2.82. The van der Waals surface area contributed by atoms with Gasteiger partial charge in [-0.15, -0.1) is 10.2 Å². The number of aromatic nitrogens is 6. The molecule has 0 saturated carbocycles. The van der Waals surface area contributed by atoms with Gasteiger partial charge in [0.1, 0.15) is 11.0 Å². The molecular formula is C10H6Cl2N6. The van der Waals surface area contributed by atoms with Crippen LogP contribution in [0.2, 0.25) is 10.3 Å². The molecule has 3 aromatic heterocycles. The Bertz CT molecular complexity index is 721. The summed E-state index contributed by atoms with van der Waals surface area (Å²) in [5.74, 6) is 1.08. The highest BCUT2D eigenvalue weighted by Crippen LogP contribution is 2.21. The Balaban J connectivity index is 2.27. The lowest BCUT2D eigenvalue weighted by Crippen LogP contribution is -2.02. The summed E-state index contributed by atoms with van der Waals surface area (Å²) in [7, 11) is 0. The number of fused-ring (bicyclic) bond motifs is 1. The predicted molar refractivity (Wildman–Crippen MR) is 67.0 cm³/mol. The van der Waals surface area contributed by atoms with Gasteiger partial charge in [0.15, 0.2) is 16.6 Å². The number of nitrogens with zero attached hydrogens (tertiary/aromatic N) is 6. The molecule has 18 heavy (non-hydrogen) atoms. The zero-order valence-corrected chi connectivity index (χ0v) is 10.7. The van der Waals surface area contributed by atoms with Gasteiger partial charge in [0.2, 0.25) is 0 Å². The van der Waals surface area contributed by atoms with Gasteiger partial charge in [0.05, 0.1) is 11.6 Å². The van der Waals surface area contributed by atoms with Gasteiger partial charge < -0.3 is 0 Å². The standard InChI is InChI=1S/C10H6Cl2N6/c1-5-14-9(12)6-4-13-18(10(6)15-5)8-3-2-7(11)16-17-8/h2-4H,1H3. The van der Waals surface area contributed by atoms with Gasteiger partial charge in [-0.25, -0.2) is 9.97 Å². The van der Waals surface area contributed by atoms with Crippen LogP contribution in [-0.2, 0) is 0 Å². The molecule has 0 aliphatic rings. The minimum atomic E-state index is 0.319. The first kappa shape index (κ1) is 11.3. The smallest absolute Gasteiger partial charge is 0.178 e. The Kier molecular flexibility index (Phi) is 2.61. The molecule has 0 aromatic carbocycles. The molecule has 0 bridgehead atoms. The number of aryl methyl sites for hydroxylation is 1. The largest absolute Gasteiger partial charge is 0.221 e. The molecule has 0 saturated heterocycles. The monoisotopic (exact) mass is 280 g/mol. The lowest BCUT2D eigenvalue weighted by Gasteiger charge is -2.01. The van der Waals surface area contributed by atoms with Crippen molar-refractivity contribution < 1.29 is 0 Å². The van der Waals surface area contributed by atoms with Gasteiger partial charge in [0.25, 0.3) is 0 Å². The zero-order chi connectivity index (χ0) is 12.7. The van der Waals surface area contributed by atoms with Crippen LogP contribution in [0.1, 0.15) is 5.82 Å². The van der Waals surface area contributed by atoms with E-state index < -0.39 is 0 Å². The number of hydrogen-bond acceptors (Lipinski definition) is 5. The van der Waals surface area contributed by atoms with Crippen LogP contribution in [0, 0.1) is 6.92 Å². The van der Waals surface area contributed by atoms with Crippen LogP contribution in [-0.4, -0.2) is 29.9 Å². The van der Waals surface area contributed by atoms with Crippen molar-refractivity contribution in [3.05, 3.63) is 34.5 Å². The maximum atomic E-state index is 6.03. The average Bonchev–Trinajstić information content (AvgIpc) is 2.74. The second-order valence-electron chi connectivity index (χ2n) is 3.57. The first-order valence-electron chi connectivity index (χ1n) is 5.02. The average molecular weight is 281 g/mol. The van der Waals surface area contributed by atoms with Gasteiger partial charge in [-0.2, -0.15) is 9.78 Å². The van der Waals surface area contributed by atoms with E-state index in [0.717, 1.165) is 0 Å². The summed E-state index contributed by atoms with van der Waals surface area (Å²) in [4.78, 5) is 8.37. The van der Waals surface area contributed by atoms with E-state index in [1.807, 2.05) is 0 Å². The highest BCUT2D eigenvalue weighted by molar-refractivity contribution is 6.33. The van der Waals surface area contributed by atoms with E-state index in [9.17, 15) is 0 Å². The van der Waals surface area contributed by atoms with Crippen LogP contribution in [0.3, 0.4) is 0 Å². The summed E-state index contributed by atoms with van der Waals surface area (Å²) in [6, 6.07) is 3.33. The van der Waals surface area contributed by atoms with Gasteiger partial charge in [-0.1, -0.05) is 23.2 Å². The van der Waals surface area contributed by atoms with Crippen molar-refractivity contribution in [3.8, 4) is 5.82 Å². The quantitative estimate of drug-likeness (QED) is 0.640. The third kappa shape index (κ3) is 1.79. The Morgan fingerprint density at radius 3 is 2.67 bits per heavy atom. The molecule has 3 aromatic rings. The van der Waals surface area contributed by atoms with Crippen molar-refractivity contribution >= 4 is 34.2 Å². The predicted octanol–water partition coefficient (Wildman–Crippen LogP) is 2.22. The zero-order valence-electron chi connectivity index (χ0n) is 9.17. The second kappa shape index (κ2) is 4.15. The Morgan fingerprint density at radius 1 is 1.11 bits per heavy atom. The molecule has 0 aliphatic heterocycles. The van der Waals surface area contributed by atoms with Gasteiger partial charge in [0, 0.05) is 0 Å². The van der Waals surface area contributed by atoms with Crippen molar-refractivity contribution in [2.45, 2.75) is 6.92 Å². The van der Waals surface area contributed by atoms with E-state index in [1.54, 1.807) is 29.9 Å². The summed E-state index contributed by atoms with van der Waals surface area (Å²) >= 11 is 11.7. The first-order valence-corrected chi connectivity index (χ1v) is 5.78. The highest BCUT2D eigenvalue weighted by atomic mass is 35.5. The topological polar surface area (TPSA) is 69.4 Å². The molecule has 3 rings (SSSR count). The van der Waals surface area contributed by atoms with Crippen LogP contribution in [0.5, 0.6) is 0 Å². The van der Waals surface area contributed by atoms with Gasteiger partial charge >= 0.3 is 0 Å². The fourth-order valence-corrected chi connectivity index (χ4v) is 1.92. The van der Waals surface area contributed by atoms with Crippen LogP contribution in [0.4, 0.5) is 0 Å². The molecule has 0 radical (unpaired) electrons. The molecule has 0 atom stereocenters. The molecule has 0 fully saturated rings. The number of hydrogen-bond donors (Lipinski definition) is 0. The molecule has 0 spiro atoms. The lowest BCUT2D eigenvalue weighted by atomic mass is 10.4. The molecule has 0 N–H and O–H groups in total. The van der Waals surface area contributed by atoms with Crippen molar-refractivity contribution in [3.63, 3.8) is 0 Å². The highest BCUT2D eigenvalue weighted by Gasteiger charge is 2.12. The molecule has 3 heterocycles. The van der Waals surface area contributed by atoms with Crippen LogP contribution < -0.4 is 0 Å². The Hall–Kier alpha value is -1.79. The number of halogens is 2. The third-order valence-electron chi connectivity index (χ3n) is 2.33. The minimum absolute atomic E-state index is 0.319. The Labute approximate surface area is 112 Å². The second-order valence-corrected chi connectivity index (χ2v) is 4.31. The van der Waals surface area contributed by atoms with E-state index in [1.165, 1.54) is 0 Å². The molecular weight excluding hydrogens is 275 g/mol. The molecule has 0 amide bonds. The SMILES string of the molecule is Cc1nc(Cl)c2cnn(-c3ccc(Cl)nn3)c2n1. The molecule has 0 unspecified atom stereocenters. The normalized spacial score (nSPS) is 11.1. The molecule has 0 aliphatic carbocycles. The van der Waals surface area contributed by atoms with E-state index in [0.29, 0.717) is 33.0 Å². The maximum absolute atomic E-state index is 6.03. The fraction of sp³-hybridized carbons (Fsp3) is 0.100. The van der Waals surface area contributed by atoms with Crippen molar-refractivity contribution in [2.75, 3.05) is 0 Å². The van der Waals surface area contributed by atoms with Crippen LogP contribution in [0.25, 0.3) is 16.9 Å². The molecule has 90 valence electrons. The van der Waals surface area contributed by atoms with Gasteiger partial charge in [-0.3, -0.25) is 0 Å². The minimum Gasteiger partial charge on any atom is -0.221 e. The van der Waals surface area contributed by atoms with E-state index >= 15 is 0 Å². The van der Waals surface area contributed by atoms with E-state index in [4.69, 9.17) is 23.2 Å². The fourth-order valence-electron chi connectivity index (χ4n) is 1.57. The first-order chi connectivity index (χ1) is 8.65. The summed E-state index contributed by atoms with van der Waals surface area (Å²) in [6.07, 6.45) is 1.59. The maximum Gasteiger partial charge on any atom is 0.178 e. The molecule has 6 nitrogen and oxygen atoms in total. The summed E-state index contributed by atoms with van der Waals surface area (Å²) in [6.45, 7) is 1.76. The lowest BCUT2D eigenvalue weighted by molar-refractivity contribution is 0.824.